The Kier molecular flexibility index (Phi) is 8.22. The van der Waals surface area contributed by atoms with E-state index in [0.29, 0.717) is 17.0 Å². The van der Waals surface area contributed by atoms with Crippen molar-refractivity contribution < 1.29 is 69.3 Å². The number of aryl methyl sites for hydroxylation is 3. The van der Waals surface area contributed by atoms with E-state index in [1.165, 1.54) is 12.1 Å². The van der Waals surface area contributed by atoms with Crippen molar-refractivity contribution in [2.24, 2.45) is 7.05 Å². The molecule has 2 heterocycles. The number of carbonyl (C=O) groups is 1. The normalized spacial score (nSPS) is 11.5. The van der Waals surface area contributed by atoms with Gasteiger partial charge < -0.3 is 18.8 Å². The van der Waals surface area contributed by atoms with Gasteiger partial charge in [-0.3, -0.25) is 4.68 Å². The molecule has 4 aromatic rings. The van der Waals surface area contributed by atoms with Crippen molar-refractivity contribution in [1.82, 2.24) is 14.3 Å². The van der Waals surface area contributed by atoms with Crippen molar-refractivity contribution in [3.63, 3.8) is 0 Å². The average Bonchev–Trinajstić information content (AvgIpc) is 3.30. The van der Waals surface area contributed by atoms with Crippen molar-refractivity contribution in [3.8, 4) is 11.6 Å². The number of rotatable bonds is 6. The Morgan fingerprint density at radius 2 is 1.79 bits per heavy atom. The van der Waals surface area contributed by atoms with Crippen LogP contribution >= 0.6 is 0 Å². The standard InChI is InChI=1S/C24H24N4O4S.K/c1-16-5-9-20(10-6-16)33(30,31)26-23(29)12-11-21-17(2)25-27(3)24(21)28-14-13-18-7-8-19(32-4)15-22(18)28;/h5-15H,1-4H3,(H,26,29);/q;+1/p-1/b12-11+;. The van der Waals surface area contributed by atoms with Crippen LogP contribution in [0.3, 0.4) is 0 Å². The number of amides is 1. The summed E-state index contributed by atoms with van der Waals surface area (Å²) >= 11 is 0. The molecule has 0 spiro atoms. The molecule has 0 unspecified atom stereocenters. The van der Waals surface area contributed by atoms with Crippen LogP contribution in [-0.4, -0.2) is 35.8 Å². The molecule has 10 heteroatoms. The minimum absolute atomic E-state index is 0. The molecule has 0 atom stereocenters. The fraction of sp³-hybridized carbons (Fsp3) is 0.167. The molecule has 170 valence electrons. The zero-order chi connectivity index (χ0) is 23.8. The predicted molar refractivity (Wildman–Crippen MR) is 127 cm³/mol. The third-order valence-electron chi connectivity index (χ3n) is 5.29. The summed E-state index contributed by atoms with van der Waals surface area (Å²) < 4.78 is 37.3. The maximum Gasteiger partial charge on any atom is 1.00 e. The maximum absolute atomic E-state index is 12.4. The number of hydrogen-bond donors (Lipinski definition) is 0. The van der Waals surface area contributed by atoms with Gasteiger partial charge in [-0.1, -0.05) is 17.7 Å². The molecule has 0 fully saturated rings. The van der Waals surface area contributed by atoms with Gasteiger partial charge in [0, 0.05) is 30.3 Å². The topological polar surface area (TPSA) is 97.3 Å². The summed E-state index contributed by atoms with van der Waals surface area (Å²) in [4.78, 5) is 12.4. The van der Waals surface area contributed by atoms with Gasteiger partial charge in [-0.2, -0.15) is 5.10 Å². The number of methoxy groups -OCH3 is 1. The van der Waals surface area contributed by atoms with Gasteiger partial charge in [0.25, 0.3) is 0 Å². The third-order valence-corrected chi connectivity index (χ3v) is 6.58. The van der Waals surface area contributed by atoms with Crippen molar-refractivity contribution in [1.29, 1.82) is 0 Å². The second-order valence-electron chi connectivity index (χ2n) is 7.61. The molecule has 0 radical (unpaired) electrons. The number of ether oxygens (including phenoxy) is 1. The largest absolute Gasteiger partial charge is 1.00 e. The number of hydrogen-bond acceptors (Lipinski definition) is 5. The van der Waals surface area contributed by atoms with Gasteiger partial charge >= 0.3 is 51.4 Å². The van der Waals surface area contributed by atoms with Crippen LogP contribution in [-0.2, 0) is 21.9 Å². The molecule has 0 aliphatic rings. The Labute approximate surface area is 241 Å². The SMILES string of the molecule is COc1ccc2ccn(-c3c(/C=C/C(=O)[N-]S(=O)(=O)c4ccc(C)cc4)c(C)nn3C)c2c1.[K+]. The summed E-state index contributed by atoms with van der Waals surface area (Å²) in [6, 6.07) is 13.9. The second kappa shape index (κ2) is 10.6. The fourth-order valence-corrected chi connectivity index (χ4v) is 4.51. The van der Waals surface area contributed by atoms with E-state index < -0.39 is 15.9 Å². The number of carbonyl (C=O) groups excluding carboxylic acids is 1. The van der Waals surface area contributed by atoms with Crippen LogP contribution in [0.4, 0.5) is 0 Å². The Morgan fingerprint density at radius 1 is 1.09 bits per heavy atom. The van der Waals surface area contributed by atoms with E-state index in [0.717, 1.165) is 28.4 Å². The number of benzene rings is 2. The first kappa shape index (κ1) is 26.4. The minimum Gasteiger partial charge on any atom is -0.538 e. The van der Waals surface area contributed by atoms with E-state index in [2.05, 4.69) is 9.82 Å². The smallest absolute Gasteiger partial charge is 0.538 e. The molecule has 0 aliphatic carbocycles. The van der Waals surface area contributed by atoms with Crippen molar-refractivity contribution >= 4 is 32.9 Å². The summed E-state index contributed by atoms with van der Waals surface area (Å²) in [5, 5.41) is 5.49. The molecule has 4 rings (SSSR count). The molecule has 2 aromatic carbocycles. The first-order valence-corrected chi connectivity index (χ1v) is 11.6. The molecule has 0 saturated carbocycles. The number of nitrogens with zero attached hydrogens (tertiary/aromatic N) is 4. The summed E-state index contributed by atoms with van der Waals surface area (Å²) in [6.07, 6.45) is 4.59. The maximum atomic E-state index is 12.4. The van der Waals surface area contributed by atoms with Gasteiger partial charge in [-0.25, -0.2) is 8.42 Å². The van der Waals surface area contributed by atoms with Crippen LogP contribution in [0.1, 0.15) is 16.8 Å². The zero-order valence-corrected chi connectivity index (χ0v) is 23.6. The Morgan fingerprint density at radius 3 is 2.47 bits per heavy atom. The first-order valence-electron chi connectivity index (χ1n) is 10.2. The summed E-state index contributed by atoms with van der Waals surface area (Å²) in [7, 11) is -0.678. The van der Waals surface area contributed by atoms with Crippen LogP contribution in [0.5, 0.6) is 5.75 Å². The molecule has 2 aromatic heterocycles. The fourth-order valence-electron chi connectivity index (χ4n) is 3.63. The summed E-state index contributed by atoms with van der Waals surface area (Å²) in [5.74, 6) is 0.568. The third kappa shape index (κ3) is 5.37. The van der Waals surface area contributed by atoms with E-state index in [9.17, 15) is 13.2 Å². The summed E-state index contributed by atoms with van der Waals surface area (Å²) in [5.41, 5.74) is 3.18. The van der Waals surface area contributed by atoms with Crippen molar-refractivity contribution in [2.45, 2.75) is 18.7 Å². The number of aromatic nitrogens is 3. The van der Waals surface area contributed by atoms with Crippen molar-refractivity contribution in [2.75, 3.05) is 7.11 Å². The Balaban J connectivity index is 0.00000324. The first-order chi connectivity index (χ1) is 15.7. The minimum atomic E-state index is -4.09. The van der Waals surface area contributed by atoms with E-state index in [-0.39, 0.29) is 56.3 Å². The van der Waals surface area contributed by atoms with E-state index in [4.69, 9.17) is 4.74 Å². The molecule has 34 heavy (non-hydrogen) atoms. The second-order valence-corrected chi connectivity index (χ2v) is 9.21. The van der Waals surface area contributed by atoms with Crippen LogP contribution in [0.25, 0.3) is 27.5 Å². The van der Waals surface area contributed by atoms with Crippen molar-refractivity contribution in [3.05, 3.63) is 82.3 Å². The zero-order valence-electron chi connectivity index (χ0n) is 19.7. The van der Waals surface area contributed by atoms with E-state index in [1.807, 2.05) is 48.9 Å². The number of sulfonamides is 1. The van der Waals surface area contributed by atoms with Crippen LogP contribution in [0.15, 0.2) is 65.7 Å². The van der Waals surface area contributed by atoms with Gasteiger partial charge in [0.2, 0.25) is 0 Å². The molecule has 0 N–H and O–H groups in total. The van der Waals surface area contributed by atoms with Crippen LogP contribution in [0, 0.1) is 13.8 Å². The average molecular weight is 503 g/mol. The number of fused-ring (bicyclic) bond motifs is 1. The predicted octanol–water partition coefficient (Wildman–Crippen LogP) is 1.30. The Bertz CT molecular complexity index is 1490. The molecule has 0 bridgehead atoms. The quantitative estimate of drug-likeness (QED) is 0.292. The van der Waals surface area contributed by atoms with Gasteiger partial charge in [0.05, 0.1) is 29.1 Å². The van der Waals surface area contributed by atoms with Gasteiger partial charge in [0.1, 0.15) is 21.6 Å². The molecule has 8 nitrogen and oxygen atoms in total. The van der Waals surface area contributed by atoms with E-state index in [1.54, 1.807) is 37.0 Å². The van der Waals surface area contributed by atoms with Gasteiger partial charge in [-0.15, -0.1) is 0 Å². The molecule has 1 amide bonds. The summed E-state index contributed by atoms with van der Waals surface area (Å²) in [6.45, 7) is 3.67. The Hall–Kier alpha value is -2.21. The molecular formula is C24H23KN4O4S. The van der Waals surface area contributed by atoms with Gasteiger partial charge in [0.15, 0.2) is 0 Å². The van der Waals surface area contributed by atoms with Gasteiger partial charge in [-0.05, 0) is 56.3 Å². The molecule has 0 aliphatic heterocycles. The molecule has 0 saturated heterocycles. The monoisotopic (exact) mass is 502 g/mol. The van der Waals surface area contributed by atoms with E-state index >= 15 is 0 Å². The van der Waals surface area contributed by atoms with Crippen LogP contribution in [0.2, 0.25) is 0 Å². The van der Waals surface area contributed by atoms with Crippen LogP contribution < -0.4 is 56.1 Å². The molecular weight excluding hydrogens is 479 g/mol.